The summed E-state index contributed by atoms with van der Waals surface area (Å²) in [6.07, 6.45) is 4.77. The van der Waals surface area contributed by atoms with E-state index in [1.165, 1.54) is 4.90 Å². The first-order valence-electron chi connectivity index (χ1n) is 18.8. The summed E-state index contributed by atoms with van der Waals surface area (Å²) < 4.78 is 13.2. The summed E-state index contributed by atoms with van der Waals surface area (Å²) in [6, 6.07) is 16.2. The van der Waals surface area contributed by atoms with Crippen LogP contribution < -0.4 is 0 Å². The minimum atomic E-state index is -1.35. The van der Waals surface area contributed by atoms with Gasteiger partial charge >= 0.3 is 5.97 Å². The van der Waals surface area contributed by atoms with Gasteiger partial charge in [0, 0.05) is 30.9 Å². The van der Waals surface area contributed by atoms with E-state index in [2.05, 4.69) is 36.0 Å². The average Bonchev–Trinajstić information content (AvgIpc) is 3.76. The van der Waals surface area contributed by atoms with Gasteiger partial charge < -0.3 is 29.3 Å². The number of allylic oxidation sites excluding steroid dienone is 1. The predicted octanol–water partition coefficient (Wildman–Crippen LogP) is 5.64. The number of fused-ring (bicyclic) bond motifs is 1. The highest BCUT2D eigenvalue weighted by Gasteiger charge is 2.77. The van der Waals surface area contributed by atoms with Crippen molar-refractivity contribution in [2.75, 3.05) is 20.2 Å². The minimum Gasteiger partial charge on any atom is -0.455 e. The molecule has 2 aromatic carbocycles. The Hall–Kier alpha value is -3.80. The fourth-order valence-corrected chi connectivity index (χ4v) is 9.57. The van der Waals surface area contributed by atoms with Crippen LogP contribution in [0.2, 0.25) is 0 Å². The number of carbonyl (C=O) groups excluding carboxylic acids is 4. The molecule has 11 heteroatoms. The number of rotatable bonds is 18. The van der Waals surface area contributed by atoms with E-state index < -0.39 is 66.3 Å². The predicted molar refractivity (Wildman–Crippen MR) is 207 cm³/mol. The molecule has 2 bridgehead atoms. The number of likely N-dealkylation sites (tertiary alicyclic amines) is 1. The second kappa shape index (κ2) is 17.6. The lowest BCUT2D eigenvalue weighted by atomic mass is 9.70. The van der Waals surface area contributed by atoms with E-state index in [-0.39, 0.29) is 35.6 Å². The summed E-state index contributed by atoms with van der Waals surface area (Å²) in [5.41, 5.74) is 0.247. The number of aliphatic hydroxyl groups excluding tert-OH is 1. The summed E-state index contributed by atoms with van der Waals surface area (Å²) in [6.45, 7) is 13.4. The quantitative estimate of drug-likeness (QED) is 0.118. The molecular weight excluding hydrogens is 738 g/mol. The molecule has 10 atom stereocenters. The molecule has 1 spiro atoms. The van der Waals surface area contributed by atoms with Crippen molar-refractivity contribution in [3.63, 3.8) is 0 Å². The molecule has 3 aliphatic rings. The van der Waals surface area contributed by atoms with Crippen LogP contribution in [0, 0.1) is 11.8 Å². The van der Waals surface area contributed by atoms with Gasteiger partial charge in [0.25, 0.3) is 0 Å². The van der Waals surface area contributed by atoms with Crippen LogP contribution in [-0.2, 0) is 35.1 Å². The van der Waals surface area contributed by atoms with Crippen LogP contribution in [0.4, 0.5) is 0 Å². The number of nitrogens with zero attached hydrogens (tertiary/aromatic N) is 3. The number of aliphatic hydroxyl groups is 1. The molecule has 3 heterocycles. The number of hydrogen-bond donors (Lipinski definition) is 1. The molecule has 3 saturated heterocycles. The molecule has 0 aliphatic carbocycles. The molecule has 53 heavy (non-hydrogen) atoms. The number of alkyl halides is 1. The molecule has 2 aromatic rings. The molecular formula is C42H54BrN3O7. The Morgan fingerprint density at radius 1 is 1.09 bits per heavy atom. The second-order valence-corrected chi connectivity index (χ2v) is 15.9. The van der Waals surface area contributed by atoms with Gasteiger partial charge in [0.2, 0.25) is 17.7 Å². The van der Waals surface area contributed by atoms with Gasteiger partial charge in [-0.05, 0) is 50.7 Å². The highest BCUT2D eigenvalue weighted by Crippen LogP contribution is 2.61. The fraction of sp³-hybridized carbons (Fsp3) is 0.524. The van der Waals surface area contributed by atoms with Crippen molar-refractivity contribution < 1.29 is 33.8 Å². The summed E-state index contributed by atoms with van der Waals surface area (Å²) in [5.74, 6) is -3.53. The van der Waals surface area contributed by atoms with Crippen molar-refractivity contribution >= 4 is 39.6 Å². The van der Waals surface area contributed by atoms with Crippen molar-refractivity contribution in [2.24, 2.45) is 11.8 Å². The van der Waals surface area contributed by atoms with E-state index in [1.807, 2.05) is 74.5 Å². The van der Waals surface area contributed by atoms with Crippen molar-refractivity contribution in [1.82, 2.24) is 14.7 Å². The van der Waals surface area contributed by atoms with Crippen molar-refractivity contribution in [1.29, 1.82) is 0 Å². The van der Waals surface area contributed by atoms with E-state index in [4.69, 9.17) is 9.47 Å². The Morgan fingerprint density at radius 2 is 1.75 bits per heavy atom. The van der Waals surface area contributed by atoms with Gasteiger partial charge in [0.1, 0.15) is 17.7 Å². The number of benzene rings is 2. The molecule has 10 nitrogen and oxygen atoms in total. The lowest BCUT2D eigenvalue weighted by Crippen LogP contribution is -2.60. The van der Waals surface area contributed by atoms with Crippen molar-refractivity contribution in [3.8, 4) is 0 Å². The first kappa shape index (κ1) is 40.4. The zero-order valence-electron chi connectivity index (χ0n) is 31.3. The summed E-state index contributed by atoms with van der Waals surface area (Å²) >= 11 is 3.77. The summed E-state index contributed by atoms with van der Waals surface area (Å²) in [5, 5.41) is 10.9. The molecule has 1 N–H and O–H groups in total. The summed E-state index contributed by atoms with van der Waals surface area (Å²) in [7, 11) is 1.69. The van der Waals surface area contributed by atoms with Gasteiger partial charge in [0.05, 0.1) is 36.6 Å². The van der Waals surface area contributed by atoms with Crippen molar-refractivity contribution in [3.05, 3.63) is 97.1 Å². The maximum absolute atomic E-state index is 15.0. The lowest BCUT2D eigenvalue weighted by molar-refractivity contribution is -0.165. The molecule has 0 radical (unpaired) electrons. The van der Waals surface area contributed by atoms with Gasteiger partial charge in [-0.25, -0.2) is 0 Å². The SMILES string of the molecule is C=CCCC(=O)N(C)[C@@H](C)[C@@H](OC(=O)[C@@H]1[C@H]2O[C@@]3(CC2Br)[C@H](C(=O)N(CC=C)C(C)CCC)N([C@@H](CO)Cc2ccccc2)C(=O)[C@@H]13)c1ccccc1. The average molecular weight is 793 g/mol. The smallest absolute Gasteiger partial charge is 0.313 e. The number of carbonyl (C=O) groups is 4. The lowest BCUT2D eigenvalue weighted by Gasteiger charge is -2.41. The zero-order chi connectivity index (χ0) is 38.4. The van der Waals surface area contributed by atoms with Crippen LogP contribution in [0.1, 0.15) is 70.1 Å². The van der Waals surface area contributed by atoms with Crippen LogP contribution >= 0.6 is 15.9 Å². The van der Waals surface area contributed by atoms with Gasteiger partial charge in [-0.3, -0.25) is 19.2 Å². The van der Waals surface area contributed by atoms with E-state index in [0.29, 0.717) is 24.8 Å². The molecule has 5 rings (SSSR count). The molecule has 286 valence electrons. The number of esters is 1. The monoisotopic (exact) mass is 791 g/mol. The Labute approximate surface area is 322 Å². The van der Waals surface area contributed by atoms with Gasteiger partial charge in [0.15, 0.2) is 0 Å². The first-order valence-corrected chi connectivity index (χ1v) is 19.7. The zero-order valence-corrected chi connectivity index (χ0v) is 32.9. The standard InChI is InChI=1S/C42H54BrN3O7/c1-7-10-22-33(48)44(6)28(5)36(30-20-15-12-16-21-30)52-41(51)34-35-39(49)46(31(26-47)24-29-18-13-11-14-19-29)38(42(35)25-32(43)37(34)53-42)40(50)45(23-9-3)27(4)17-8-2/h7,9,11-16,18-21,27-28,31-32,34-38,47H,1,3,8,10,17,22-26H2,2,4-6H3/t27?,28-,31+,32?,34-,35+,36+,37-,38-,42+/m0/s1. The Bertz CT molecular complexity index is 1620. The highest BCUT2D eigenvalue weighted by molar-refractivity contribution is 9.09. The van der Waals surface area contributed by atoms with E-state index in [9.17, 15) is 14.7 Å². The Kier molecular flexibility index (Phi) is 13.4. The molecule has 3 fully saturated rings. The van der Waals surface area contributed by atoms with Crippen LogP contribution in [-0.4, -0.2) is 104 Å². The second-order valence-electron chi connectivity index (χ2n) is 14.7. The Balaban J connectivity index is 1.56. The van der Waals surface area contributed by atoms with Crippen LogP contribution in [0.15, 0.2) is 86.0 Å². The van der Waals surface area contributed by atoms with Gasteiger partial charge in [-0.15, -0.1) is 13.2 Å². The van der Waals surface area contributed by atoms with Crippen LogP contribution in [0.5, 0.6) is 0 Å². The van der Waals surface area contributed by atoms with E-state index in [0.717, 1.165) is 18.4 Å². The van der Waals surface area contributed by atoms with Crippen LogP contribution in [0.25, 0.3) is 0 Å². The fourth-order valence-electron chi connectivity index (χ4n) is 8.63. The number of amides is 3. The minimum absolute atomic E-state index is 0.116. The molecule has 0 saturated carbocycles. The first-order chi connectivity index (χ1) is 25.4. The third-order valence-electron chi connectivity index (χ3n) is 11.4. The molecule has 0 aromatic heterocycles. The van der Waals surface area contributed by atoms with E-state index in [1.54, 1.807) is 29.0 Å². The maximum Gasteiger partial charge on any atom is 0.313 e. The number of likely N-dealkylation sites (N-methyl/N-ethyl adjacent to an activating group) is 1. The van der Waals surface area contributed by atoms with Crippen molar-refractivity contribution in [2.45, 2.75) is 106 Å². The topological polar surface area (TPSA) is 117 Å². The molecule has 3 amide bonds. The highest BCUT2D eigenvalue weighted by atomic mass is 79.9. The molecule has 2 unspecified atom stereocenters. The Morgan fingerprint density at radius 3 is 2.36 bits per heavy atom. The largest absolute Gasteiger partial charge is 0.455 e. The number of ether oxygens (including phenoxy) is 2. The molecule has 3 aliphatic heterocycles. The van der Waals surface area contributed by atoms with Gasteiger partial charge in [-0.2, -0.15) is 0 Å². The summed E-state index contributed by atoms with van der Waals surface area (Å²) in [4.78, 5) is 62.3. The number of hydrogen-bond acceptors (Lipinski definition) is 7. The van der Waals surface area contributed by atoms with E-state index >= 15 is 9.59 Å². The third kappa shape index (κ3) is 7.89. The van der Waals surface area contributed by atoms with Gasteiger partial charge in [-0.1, -0.05) is 102 Å². The normalized spacial score (nSPS) is 26.6. The van der Waals surface area contributed by atoms with Crippen LogP contribution in [0.3, 0.4) is 0 Å². The number of halogens is 1. The maximum atomic E-state index is 15.0. The third-order valence-corrected chi connectivity index (χ3v) is 12.2.